The van der Waals surface area contributed by atoms with E-state index in [4.69, 9.17) is 5.73 Å². The molecule has 4 N–H and O–H groups in total. The maximum absolute atomic E-state index is 12.3. The summed E-state index contributed by atoms with van der Waals surface area (Å²) in [7, 11) is 0. The Kier molecular flexibility index (Phi) is 8.28. The van der Waals surface area contributed by atoms with Crippen molar-refractivity contribution in [2.75, 3.05) is 0 Å². The average molecular weight is 342 g/mol. The van der Waals surface area contributed by atoms with Gasteiger partial charge in [-0.25, -0.2) is 0 Å². The van der Waals surface area contributed by atoms with Crippen molar-refractivity contribution >= 4 is 24.2 Å². The predicted molar refractivity (Wildman–Crippen MR) is 95.3 cm³/mol. The summed E-state index contributed by atoms with van der Waals surface area (Å²) in [5, 5.41) is 5.56. The highest BCUT2D eigenvalue weighted by molar-refractivity contribution is 5.88. The maximum atomic E-state index is 12.3. The first-order chi connectivity index (χ1) is 10.1. The summed E-state index contributed by atoms with van der Waals surface area (Å²) in [6.07, 6.45) is 0. The molecule has 0 aliphatic rings. The molecule has 0 spiro atoms. The van der Waals surface area contributed by atoms with Crippen LogP contribution in [0.3, 0.4) is 0 Å². The van der Waals surface area contributed by atoms with Gasteiger partial charge in [-0.2, -0.15) is 0 Å². The Morgan fingerprint density at radius 2 is 1.57 bits per heavy atom. The minimum atomic E-state index is -0.600. The van der Waals surface area contributed by atoms with Gasteiger partial charge in [0, 0.05) is 11.6 Å². The number of carbonyl (C=O) groups excluding carboxylic acids is 2. The van der Waals surface area contributed by atoms with Crippen molar-refractivity contribution < 1.29 is 9.59 Å². The van der Waals surface area contributed by atoms with Gasteiger partial charge in [-0.1, -0.05) is 37.3 Å². The number of benzene rings is 1. The lowest BCUT2D eigenvalue weighted by molar-refractivity contribution is -0.131. The van der Waals surface area contributed by atoms with Crippen LogP contribution in [-0.4, -0.2) is 23.4 Å². The zero-order valence-corrected chi connectivity index (χ0v) is 15.2. The van der Waals surface area contributed by atoms with E-state index in [-0.39, 0.29) is 29.8 Å². The van der Waals surface area contributed by atoms with Gasteiger partial charge in [-0.15, -0.1) is 12.4 Å². The summed E-state index contributed by atoms with van der Waals surface area (Å²) >= 11 is 0. The van der Waals surface area contributed by atoms with Gasteiger partial charge in [-0.3, -0.25) is 9.59 Å². The molecular formula is C17H28ClN3O2. The van der Waals surface area contributed by atoms with Crippen LogP contribution >= 0.6 is 12.4 Å². The van der Waals surface area contributed by atoms with Gasteiger partial charge in [0.25, 0.3) is 0 Å². The smallest absolute Gasteiger partial charge is 0.242 e. The fourth-order valence-electron chi connectivity index (χ4n) is 2.02. The SMILES string of the molecule is CC(NC(=O)C(C)C(N)c1ccccc1)C(=O)NC(C)(C)C.Cl. The lowest BCUT2D eigenvalue weighted by Crippen LogP contribution is -2.52. The Morgan fingerprint density at radius 3 is 2.04 bits per heavy atom. The van der Waals surface area contributed by atoms with Crippen molar-refractivity contribution in [1.82, 2.24) is 10.6 Å². The first kappa shape index (κ1) is 21.4. The van der Waals surface area contributed by atoms with Crippen molar-refractivity contribution in [3.05, 3.63) is 35.9 Å². The van der Waals surface area contributed by atoms with Gasteiger partial charge in [0.15, 0.2) is 0 Å². The first-order valence-corrected chi connectivity index (χ1v) is 7.54. The monoisotopic (exact) mass is 341 g/mol. The molecule has 1 aromatic rings. The zero-order chi connectivity index (χ0) is 16.9. The van der Waals surface area contributed by atoms with Crippen LogP contribution in [0.15, 0.2) is 30.3 Å². The lowest BCUT2D eigenvalue weighted by Gasteiger charge is -2.25. The fourth-order valence-corrected chi connectivity index (χ4v) is 2.02. The van der Waals surface area contributed by atoms with E-state index in [1.165, 1.54) is 0 Å². The van der Waals surface area contributed by atoms with Gasteiger partial charge in [0.05, 0.1) is 5.92 Å². The Hall–Kier alpha value is -1.59. The molecule has 0 fully saturated rings. The summed E-state index contributed by atoms with van der Waals surface area (Å²) in [4.78, 5) is 24.3. The van der Waals surface area contributed by atoms with Gasteiger partial charge in [0.1, 0.15) is 6.04 Å². The normalized spacial score (nSPS) is 14.9. The molecule has 0 aromatic heterocycles. The molecule has 6 heteroatoms. The van der Waals surface area contributed by atoms with E-state index in [0.717, 1.165) is 5.56 Å². The van der Waals surface area contributed by atoms with Gasteiger partial charge in [-0.05, 0) is 33.3 Å². The topological polar surface area (TPSA) is 84.2 Å². The van der Waals surface area contributed by atoms with Gasteiger partial charge >= 0.3 is 0 Å². The lowest BCUT2D eigenvalue weighted by atomic mass is 9.94. The summed E-state index contributed by atoms with van der Waals surface area (Å²) in [5.74, 6) is -0.860. The highest BCUT2D eigenvalue weighted by atomic mass is 35.5. The third-order valence-electron chi connectivity index (χ3n) is 3.39. The molecule has 0 aliphatic heterocycles. The Labute approximate surface area is 144 Å². The third-order valence-corrected chi connectivity index (χ3v) is 3.39. The number of amides is 2. The Balaban J connectivity index is 0.00000484. The maximum Gasteiger partial charge on any atom is 0.242 e. The molecular weight excluding hydrogens is 314 g/mol. The van der Waals surface area contributed by atoms with E-state index in [0.29, 0.717) is 0 Å². The quantitative estimate of drug-likeness (QED) is 0.767. The Morgan fingerprint density at radius 1 is 1.04 bits per heavy atom. The van der Waals surface area contributed by atoms with Crippen LogP contribution in [0.5, 0.6) is 0 Å². The summed E-state index contributed by atoms with van der Waals surface area (Å²) < 4.78 is 0. The number of halogens is 1. The molecule has 130 valence electrons. The molecule has 1 aromatic carbocycles. The van der Waals surface area contributed by atoms with Crippen molar-refractivity contribution in [3.63, 3.8) is 0 Å². The fraction of sp³-hybridized carbons (Fsp3) is 0.529. The minimum Gasteiger partial charge on any atom is -0.350 e. The van der Waals surface area contributed by atoms with E-state index in [1.807, 2.05) is 51.1 Å². The summed E-state index contributed by atoms with van der Waals surface area (Å²) in [5.41, 5.74) is 6.70. The van der Waals surface area contributed by atoms with Crippen molar-refractivity contribution in [2.24, 2.45) is 11.7 Å². The number of carbonyl (C=O) groups is 2. The molecule has 5 nitrogen and oxygen atoms in total. The van der Waals surface area contributed by atoms with Crippen LogP contribution in [0.2, 0.25) is 0 Å². The highest BCUT2D eigenvalue weighted by Crippen LogP contribution is 2.19. The average Bonchev–Trinajstić information content (AvgIpc) is 2.44. The molecule has 3 unspecified atom stereocenters. The standard InChI is InChI=1S/C17H27N3O2.ClH/c1-11(14(18)13-9-7-6-8-10-13)15(21)19-12(2)16(22)20-17(3,4)5;/h6-12,14H,18H2,1-5H3,(H,19,21)(H,20,22);1H. The summed E-state index contributed by atoms with van der Waals surface area (Å²) in [6.45, 7) is 9.12. The number of rotatable bonds is 5. The number of nitrogens with two attached hydrogens (primary N) is 1. The van der Waals surface area contributed by atoms with Crippen molar-refractivity contribution in [3.8, 4) is 0 Å². The van der Waals surface area contributed by atoms with Crippen LogP contribution in [0.1, 0.15) is 46.2 Å². The summed E-state index contributed by atoms with van der Waals surface area (Å²) in [6, 6.07) is 8.46. The highest BCUT2D eigenvalue weighted by Gasteiger charge is 2.26. The molecule has 1 rings (SSSR count). The van der Waals surface area contributed by atoms with Gasteiger partial charge in [0.2, 0.25) is 11.8 Å². The van der Waals surface area contributed by atoms with E-state index >= 15 is 0 Å². The van der Waals surface area contributed by atoms with Gasteiger partial charge < -0.3 is 16.4 Å². The largest absolute Gasteiger partial charge is 0.350 e. The van der Waals surface area contributed by atoms with E-state index in [2.05, 4.69) is 10.6 Å². The predicted octanol–water partition coefficient (Wildman–Crippen LogP) is 2.16. The zero-order valence-electron chi connectivity index (χ0n) is 14.4. The molecule has 0 heterocycles. The van der Waals surface area contributed by atoms with E-state index in [9.17, 15) is 9.59 Å². The van der Waals surface area contributed by atoms with Crippen LogP contribution in [0, 0.1) is 5.92 Å². The molecule has 0 bridgehead atoms. The molecule has 0 radical (unpaired) electrons. The molecule has 3 atom stereocenters. The van der Waals surface area contributed by atoms with Crippen LogP contribution in [0.25, 0.3) is 0 Å². The van der Waals surface area contributed by atoms with E-state index in [1.54, 1.807) is 13.8 Å². The molecule has 0 saturated heterocycles. The molecule has 0 saturated carbocycles. The second-order valence-corrected chi connectivity index (χ2v) is 6.69. The second kappa shape index (κ2) is 8.89. The number of hydrogen-bond donors (Lipinski definition) is 3. The van der Waals surface area contributed by atoms with Crippen LogP contribution in [0.4, 0.5) is 0 Å². The molecule has 23 heavy (non-hydrogen) atoms. The second-order valence-electron chi connectivity index (χ2n) is 6.69. The van der Waals surface area contributed by atoms with E-state index < -0.39 is 18.0 Å². The van der Waals surface area contributed by atoms with Crippen molar-refractivity contribution in [2.45, 2.75) is 52.2 Å². The first-order valence-electron chi connectivity index (χ1n) is 7.54. The van der Waals surface area contributed by atoms with Crippen LogP contribution in [-0.2, 0) is 9.59 Å². The third kappa shape index (κ3) is 7.01. The number of hydrogen-bond acceptors (Lipinski definition) is 3. The number of nitrogens with one attached hydrogen (secondary N) is 2. The van der Waals surface area contributed by atoms with Crippen LogP contribution < -0.4 is 16.4 Å². The minimum absolute atomic E-state index is 0. The molecule has 2 amide bonds. The van der Waals surface area contributed by atoms with Crippen molar-refractivity contribution in [1.29, 1.82) is 0 Å². The molecule has 0 aliphatic carbocycles. The Bertz CT molecular complexity index is 514.